The van der Waals surface area contributed by atoms with Crippen LogP contribution in [-0.4, -0.2) is 0 Å². The van der Waals surface area contributed by atoms with E-state index in [0.29, 0.717) is 0 Å². The molecule has 0 atom stereocenters. The molecule has 0 bridgehead atoms. The minimum absolute atomic E-state index is 0.110. The molecule has 12 rings (SSSR count). The summed E-state index contributed by atoms with van der Waals surface area (Å²) in [5.74, 6) is 0. The van der Waals surface area contributed by atoms with Gasteiger partial charge < -0.3 is 4.90 Å². The normalized spacial score (nSPS) is 14.2. The Kier molecular flexibility index (Phi) is 7.26. The first-order chi connectivity index (χ1) is 29.0. The van der Waals surface area contributed by atoms with Crippen molar-refractivity contribution < 1.29 is 0 Å². The molecule has 0 unspecified atom stereocenters. The van der Waals surface area contributed by atoms with E-state index in [-0.39, 0.29) is 10.8 Å². The maximum atomic E-state index is 2.49. The third-order valence-electron chi connectivity index (χ3n) is 13.5. The molecule has 0 fully saturated rings. The molecule has 1 heteroatoms. The Bertz CT molecular complexity index is 3070. The number of anilines is 3. The van der Waals surface area contributed by atoms with Gasteiger partial charge in [-0.2, -0.15) is 0 Å². The van der Waals surface area contributed by atoms with E-state index < -0.39 is 0 Å². The molecule has 3 aliphatic carbocycles. The van der Waals surface area contributed by atoms with E-state index in [9.17, 15) is 0 Å². The van der Waals surface area contributed by atoms with Crippen LogP contribution in [0.15, 0.2) is 212 Å². The average molecular weight is 752 g/mol. The predicted molar refractivity (Wildman–Crippen MR) is 246 cm³/mol. The van der Waals surface area contributed by atoms with Crippen LogP contribution in [0.2, 0.25) is 0 Å². The monoisotopic (exact) mass is 751 g/mol. The highest BCUT2D eigenvalue weighted by atomic mass is 15.1. The van der Waals surface area contributed by atoms with Crippen LogP contribution in [0.25, 0.3) is 55.6 Å². The average Bonchev–Trinajstić information content (AvgIpc) is 3.85. The lowest BCUT2D eigenvalue weighted by atomic mass is 9.70. The van der Waals surface area contributed by atoms with Gasteiger partial charge in [0, 0.05) is 22.4 Å². The quantitative estimate of drug-likeness (QED) is 0.169. The maximum absolute atomic E-state index is 2.49. The number of benzene rings is 9. The van der Waals surface area contributed by atoms with Crippen LogP contribution in [0.1, 0.15) is 47.2 Å². The smallest absolute Gasteiger partial charge is 0.0725 e. The van der Waals surface area contributed by atoms with E-state index in [0.717, 1.165) is 17.1 Å². The van der Waals surface area contributed by atoms with Crippen molar-refractivity contribution in [1.82, 2.24) is 0 Å². The van der Waals surface area contributed by atoms with E-state index >= 15 is 0 Å². The molecule has 0 N–H and O–H groups in total. The largest absolute Gasteiger partial charge is 0.310 e. The van der Waals surface area contributed by atoms with Crippen molar-refractivity contribution in [3.63, 3.8) is 0 Å². The minimum atomic E-state index is -0.386. The molecule has 3 aliphatic rings. The molecule has 1 nitrogen and oxygen atoms in total. The predicted octanol–water partition coefficient (Wildman–Crippen LogP) is 15.1. The molecule has 59 heavy (non-hydrogen) atoms. The first kappa shape index (κ1) is 33.9. The number of para-hydroxylation sites is 1. The highest BCUT2D eigenvalue weighted by Crippen LogP contribution is 2.63. The Morgan fingerprint density at radius 1 is 0.288 bits per heavy atom. The summed E-state index contributed by atoms with van der Waals surface area (Å²) >= 11 is 0. The van der Waals surface area contributed by atoms with Gasteiger partial charge in [0.25, 0.3) is 0 Å². The zero-order valence-electron chi connectivity index (χ0n) is 33.2. The van der Waals surface area contributed by atoms with Crippen molar-refractivity contribution in [1.29, 1.82) is 0 Å². The first-order valence-electron chi connectivity index (χ1n) is 20.8. The molecule has 0 aliphatic heterocycles. The summed E-state index contributed by atoms with van der Waals surface area (Å²) in [4.78, 5) is 2.45. The molecule has 0 saturated heterocycles. The molecule has 0 saturated carbocycles. The molecule has 0 heterocycles. The van der Waals surface area contributed by atoms with E-state index in [2.05, 4.69) is 231 Å². The lowest BCUT2D eigenvalue weighted by Crippen LogP contribution is -2.25. The summed E-state index contributed by atoms with van der Waals surface area (Å²) < 4.78 is 0. The number of nitrogens with zero attached hydrogens (tertiary/aromatic N) is 1. The van der Waals surface area contributed by atoms with E-state index in [1.54, 1.807) is 0 Å². The molecule has 0 radical (unpaired) electrons. The molecule has 9 aromatic carbocycles. The number of hydrogen-bond acceptors (Lipinski definition) is 1. The molecule has 0 amide bonds. The summed E-state index contributed by atoms with van der Waals surface area (Å²) in [5, 5.41) is 0. The van der Waals surface area contributed by atoms with Gasteiger partial charge in [-0.3, -0.25) is 0 Å². The van der Waals surface area contributed by atoms with Gasteiger partial charge in [-0.05, 0) is 126 Å². The molecule has 9 aromatic rings. The van der Waals surface area contributed by atoms with Crippen LogP contribution >= 0.6 is 0 Å². The number of hydrogen-bond donors (Lipinski definition) is 0. The molecular weight excluding hydrogens is 711 g/mol. The van der Waals surface area contributed by atoms with E-state index in [1.165, 1.54) is 89.0 Å². The Morgan fingerprint density at radius 2 is 0.746 bits per heavy atom. The second-order valence-electron chi connectivity index (χ2n) is 16.8. The highest BCUT2D eigenvalue weighted by Gasteiger charge is 2.51. The number of fused-ring (bicyclic) bond motifs is 13. The summed E-state index contributed by atoms with van der Waals surface area (Å²) in [5.41, 5.74) is 23.8. The van der Waals surface area contributed by atoms with Crippen LogP contribution < -0.4 is 4.90 Å². The second-order valence-corrected chi connectivity index (χ2v) is 16.8. The van der Waals surface area contributed by atoms with E-state index in [1.807, 2.05) is 0 Å². The van der Waals surface area contributed by atoms with E-state index in [4.69, 9.17) is 0 Å². The van der Waals surface area contributed by atoms with Gasteiger partial charge in [-0.1, -0.05) is 184 Å². The van der Waals surface area contributed by atoms with Gasteiger partial charge in [0.2, 0.25) is 0 Å². The van der Waals surface area contributed by atoms with Crippen LogP contribution in [0.5, 0.6) is 0 Å². The fraction of sp³-hybridized carbons (Fsp3) is 0.0690. The zero-order chi connectivity index (χ0) is 39.3. The summed E-state index contributed by atoms with van der Waals surface area (Å²) in [7, 11) is 0. The van der Waals surface area contributed by atoms with Gasteiger partial charge in [0.1, 0.15) is 0 Å². The second kappa shape index (κ2) is 12.6. The Hall–Kier alpha value is -7.22. The van der Waals surface area contributed by atoms with Crippen molar-refractivity contribution in [3.05, 3.63) is 246 Å². The van der Waals surface area contributed by atoms with Crippen LogP contribution in [-0.2, 0) is 10.8 Å². The topological polar surface area (TPSA) is 3.24 Å². The zero-order valence-corrected chi connectivity index (χ0v) is 33.2. The highest BCUT2D eigenvalue weighted by molar-refractivity contribution is 5.97. The summed E-state index contributed by atoms with van der Waals surface area (Å²) in [6.07, 6.45) is 0. The van der Waals surface area contributed by atoms with Crippen molar-refractivity contribution in [2.24, 2.45) is 0 Å². The van der Waals surface area contributed by atoms with Crippen LogP contribution in [0.3, 0.4) is 0 Å². The van der Waals surface area contributed by atoms with Crippen molar-refractivity contribution >= 4 is 17.1 Å². The first-order valence-corrected chi connectivity index (χ1v) is 20.8. The Morgan fingerprint density at radius 3 is 1.37 bits per heavy atom. The molecule has 0 aromatic heterocycles. The third kappa shape index (κ3) is 4.73. The van der Waals surface area contributed by atoms with Gasteiger partial charge in [0.05, 0.1) is 11.1 Å². The van der Waals surface area contributed by atoms with Gasteiger partial charge in [-0.15, -0.1) is 0 Å². The molecule has 1 spiro atoms. The van der Waals surface area contributed by atoms with Crippen molar-refractivity contribution in [2.45, 2.75) is 24.7 Å². The van der Waals surface area contributed by atoms with Crippen LogP contribution in [0.4, 0.5) is 17.1 Å². The van der Waals surface area contributed by atoms with Crippen molar-refractivity contribution in [2.75, 3.05) is 4.90 Å². The molecule has 278 valence electrons. The standard InChI is InChI=1S/C58H41N/c1-57(2)50-25-13-9-21-43(50)47-33-31-42(37-54(47)57)59(41-19-7-4-8-20-41)56-34-30-39(35-49(56)38-17-5-3-6-18-38)40-29-32-48-46-24-12-16-28-53(46)58(55(48)36-40)51-26-14-10-22-44(51)45-23-11-15-27-52(45)58/h3-37H,1-2H3. The fourth-order valence-corrected chi connectivity index (χ4v) is 10.9. The summed E-state index contributed by atoms with van der Waals surface area (Å²) in [6, 6.07) is 79.2. The molecular formula is C58H41N. The van der Waals surface area contributed by atoms with Crippen molar-refractivity contribution in [3.8, 4) is 55.6 Å². The van der Waals surface area contributed by atoms with Gasteiger partial charge in [0.15, 0.2) is 0 Å². The Balaban J connectivity index is 1.06. The third-order valence-corrected chi connectivity index (χ3v) is 13.5. The lowest BCUT2D eigenvalue weighted by molar-refractivity contribution is 0.660. The lowest BCUT2D eigenvalue weighted by Gasteiger charge is -2.31. The van der Waals surface area contributed by atoms with Gasteiger partial charge >= 0.3 is 0 Å². The van der Waals surface area contributed by atoms with Crippen LogP contribution in [0, 0.1) is 0 Å². The number of rotatable bonds is 5. The maximum Gasteiger partial charge on any atom is 0.0725 e. The van der Waals surface area contributed by atoms with Gasteiger partial charge in [-0.25, -0.2) is 0 Å². The minimum Gasteiger partial charge on any atom is -0.310 e. The summed E-state index contributed by atoms with van der Waals surface area (Å²) in [6.45, 7) is 4.72. The Labute approximate surface area is 346 Å². The fourth-order valence-electron chi connectivity index (χ4n) is 10.9. The SMILES string of the molecule is CC1(C)c2ccccc2-c2ccc(N(c3ccccc3)c3ccc(-c4ccc5c(c4)C4(c6ccccc6-c6ccccc64)c4ccccc4-5)cc3-c3ccccc3)cc21.